The molecule has 2 aromatic carbocycles. The monoisotopic (exact) mass is 534 g/mol. The van der Waals surface area contributed by atoms with E-state index in [1.54, 1.807) is 61.9 Å². The summed E-state index contributed by atoms with van der Waals surface area (Å²) in [4.78, 5) is 31.8. The number of benzene rings is 2. The second-order valence-electron chi connectivity index (χ2n) is 8.28. The van der Waals surface area contributed by atoms with Crippen molar-refractivity contribution >= 4 is 35.0 Å². The number of carbonyl (C=O) groups excluding carboxylic acids is 1. The molecule has 7 nitrogen and oxygen atoms in total. The van der Waals surface area contributed by atoms with Crippen LogP contribution < -0.4 is 19.6 Å². The normalized spacial score (nSPS) is 15.4. The molecule has 0 aliphatic carbocycles. The highest BCUT2D eigenvalue weighted by molar-refractivity contribution is 7.07. The average molecular weight is 535 g/mol. The number of fused-ring (bicyclic) bond motifs is 1. The summed E-state index contributed by atoms with van der Waals surface area (Å²) < 4.78 is 18.6. The SMILES string of the molecule is CCOC(=O)C1=C(C)N=c2s/c(=C\c3ccc(-c4ccc(Cl)cc4)o3)c(=O)n2C1c1ccc(OC)cc1. The number of methoxy groups -OCH3 is 1. The van der Waals surface area contributed by atoms with Gasteiger partial charge in [0.15, 0.2) is 4.80 Å². The number of furan rings is 1. The van der Waals surface area contributed by atoms with E-state index in [1.165, 1.54) is 11.3 Å². The number of halogens is 1. The molecule has 2 aromatic heterocycles. The summed E-state index contributed by atoms with van der Waals surface area (Å²) in [6, 6.07) is 17.5. The second kappa shape index (κ2) is 10.2. The van der Waals surface area contributed by atoms with Crippen LogP contribution in [0.25, 0.3) is 17.4 Å². The molecule has 37 heavy (non-hydrogen) atoms. The molecular weight excluding hydrogens is 512 g/mol. The minimum Gasteiger partial charge on any atom is -0.497 e. The number of ether oxygens (including phenoxy) is 2. The quantitative estimate of drug-likeness (QED) is 0.334. The van der Waals surface area contributed by atoms with E-state index in [9.17, 15) is 9.59 Å². The number of thiazole rings is 1. The number of esters is 1. The molecule has 0 saturated heterocycles. The Hall–Kier alpha value is -3.88. The lowest BCUT2D eigenvalue weighted by atomic mass is 9.96. The first-order chi connectivity index (χ1) is 17.9. The zero-order chi connectivity index (χ0) is 26.1. The molecule has 0 radical (unpaired) electrons. The molecule has 0 fully saturated rings. The third-order valence-electron chi connectivity index (χ3n) is 5.98. The summed E-state index contributed by atoms with van der Waals surface area (Å²) in [7, 11) is 1.58. The highest BCUT2D eigenvalue weighted by atomic mass is 35.5. The molecule has 188 valence electrons. The van der Waals surface area contributed by atoms with Crippen LogP contribution in [0, 0.1) is 0 Å². The van der Waals surface area contributed by atoms with Gasteiger partial charge in [0.25, 0.3) is 5.56 Å². The minimum atomic E-state index is -0.690. The van der Waals surface area contributed by atoms with Gasteiger partial charge in [0.05, 0.1) is 35.6 Å². The fourth-order valence-electron chi connectivity index (χ4n) is 4.22. The lowest BCUT2D eigenvalue weighted by Crippen LogP contribution is -2.39. The maximum atomic E-state index is 13.7. The van der Waals surface area contributed by atoms with Crippen LogP contribution in [0.3, 0.4) is 0 Å². The van der Waals surface area contributed by atoms with Crippen molar-refractivity contribution in [1.29, 1.82) is 0 Å². The molecule has 1 unspecified atom stereocenters. The largest absolute Gasteiger partial charge is 0.497 e. The van der Waals surface area contributed by atoms with Crippen LogP contribution in [0.4, 0.5) is 0 Å². The van der Waals surface area contributed by atoms with E-state index in [1.807, 2.05) is 30.3 Å². The van der Waals surface area contributed by atoms with Crippen molar-refractivity contribution in [1.82, 2.24) is 4.57 Å². The number of nitrogens with zero attached hydrogens (tertiary/aromatic N) is 2. The van der Waals surface area contributed by atoms with Crippen LogP contribution in [0.1, 0.15) is 31.2 Å². The van der Waals surface area contributed by atoms with Crippen molar-refractivity contribution < 1.29 is 18.7 Å². The predicted molar refractivity (Wildman–Crippen MR) is 143 cm³/mol. The standard InChI is InChI=1S/C28H23ClN2O5S/c1-4-35-27(33)24-16(2)30-28-31(25(24)18-7-11-20(34-3)12-8-18)26(32)23(37-28)15-21-13-14-22(36-21)17-5-9-19(29)10-6-17/h5-15,25H,4H2,1-3H3/b23-15-. The summed E-state index contributed by atoms with van der Waals surface area (Å²) in [5.74, 6) is 1.35. The number of hydrogen-bond donors (Lipinski definition) is 0. The molecule has 0 N–H and O–H groups in total. The lowest BCUT2D eigenvalue weighted by molar-refractivity contribution is -0.139. The smallest absolute Gasteiger partial charge is 0.338 e. The topological polar surface area (TPSA) is 83.0 Å². The summed E-state index contributed by atoms with van der Waals surface area (Å²) in [5.41, 5.74) is 2.18. The van der Waals surface area contributed by atoms with Crippen LogP contribution in [-0.4, -0.2) is 24.3 Å². The third kappa shape index (κ3) is 4.77. The Kier molecular flexibility index (Phi) is 6.86. The van der Waals surface area contributed by atoms with E-state index in [0.29, 0.717) is 42.9 Å². The van der Waals surface area contributed by atoms with Crippen molar-refractivity contribution in [3.63, 3.8) is 0 Å². The van der Waals surface area contributed by atoms with Gasteiger partial charge in [0.2, 0.25) is 0 Å². The predicted octanol–water partition coefficient (Wildman–Crippen LogP) is 4.72. The Morgan fingerprint density at radius 1 is 1.14 bits per heavy atom. The van der Waals surface area contributed by atoms with Crippen molar-refractivity contribution in [2.45, 2.75) is 19.9 Å². The summed E-state index contributed by atoms with van der Waals surface area (Å²) in [6.45, 7) is 3.71. The number of aromatic nitrogens is 1. The fraction of sp³-hybridized carbons (Fsp3) is 0.179. The molecule has 1 aliphatic heterocycles. The van der Waals surface area contributed by atoms with Crippen LogP contribution in [0.15, 0.2) is 86.1 Å². The molecule has 1 atom stereocenters. The maximum absolute atomic E-state index is 13.7. The minimum absolute atomic E-state index is 0.212. The molecule has 0 saturated carbocycles. The second-order valence-corrected chi connectivity index (χ2v) is 9.73. The molecule has 5 rings (SSSR count). The average Bonchev–Trinajstić information content (AvgIpc) is 3.48. The van der Waals surface area contributed by atoms with E-state index >= 15 is 0 Å². The van der Waals surface area contributed by atoms with Gasteiger partial charge in [-0.2, -0.15) is 0 Å². The van der Waals surface area contributed by atoms with Crippen LogP contribution in [0.2, 0.25) is 5.02 Å². The van der Waals surface area contributed by atoms with Gasteiger partial charge in [-0.3, -0.25) is 9.36 Å². The summed E-state index contributed by atoms with van der Waals surface area (Å²) in [5, 5.41) is 0.639. The van der Waals surface area contributed by atoms with E-state index in [-0.39, 0.29) is 12.2 Å². The Morgan fingerprint density at radius 3 is 2.54 bits per heavy atom. The molecule has 4 aromatic rings. The van der Waals surface area contributed by atoms with Crippen LogP contribution in [-0.2, 0) is 9.53 Å². The van der Waals surface area contributed by atoms with Gasteiger partial charge in [-0.1, -0.05) is 35.1 Å². The molecule has 0 bridgehead atoms. The van der Waals surface area contributed by atoms with E-state index in [4.69, 9.17) is 25.5 Å². The Bertz CT molecular complexity index is 1680. The molecule has 1 aliphatic rings. The molecule has 0 amide bonds. The zero-order valence-electron chi connectivity index (χ0n) is 20.4. The zero-order valence-corrected chi connectivity index (χ0v) is 21.9. The molecular formula is C28H23ClN2O5S. The first kappa shape index (κ1) is 24.8. The maximum Gasteiger partial charge on any atom is 0.338 e. The van der Waals surface area contributed by atoms with Gasteiger partial charge >= 0.3 is 5.97 Å². The number of carbonyl (C=O) groups is 1. The first-order valence-electron chi connectivity index (χ1n) is 11.6. The molecule has 0 spiro atoms. The summed E-state index contributed by atoms with van der Waals surface area (Å²) in [6.07, 6.45) is 1.69. The van der Waals surface area contributed by atoms with Gasteiger partial charge in [-0.15, -0.1) is 0 Å². The Morgan fingerprint density at radius 2 is 1.86 bits per heavy atom. The Labute approximate surface area is 221 Å². The third-order valence-corrected chi connectivity index (χ3v) is 7.21. The number of hydrogen-bond acceptors (Lipinski definition) is 7. The van der Waals surface area contributed by atoms with E-state index in [2.05, 4.69) is 4.99 Å². The van der Waals surface area contributed by atoms with Gasteiger partial charge in [0, 0.05) is 16.7 Å². The highest BCUT2D eigenvalue weighted by Gasteiger charge is 2.33. The van der Waals surface area contributed by atoms with E-state index in [0.717, 1.165) is 11.1 Å². The number of allylic oxidation sites excluding steroid dienone is 1. The van der Waals surface area contributed by atoms with Gasteiger partial charge in [-0.05, 0) is 67.9 Å². The van der Waals surface area contributed by atoms with Crippen LogP contribution >= 0.6 is 22.9 Å². The van der Waals surface area contributed by atoms with Crippen LogP contribution in [0.5, 0.6) is 5.75 Å². The van der Waals surface area contributed by atoms with Gasteiger partial charge in [0.1, 0.15) is 17.3 Å². The Balaban J connectivity index is 1.62. The van der Waals surface area contributed by atoms with Gasteiger partial charge < -0.3 is 13.9 Å². The summed E-state index contributed by atoms with van der Waals surface area (Å²) >= 11 is 7.23. The lowest BCUT2D eigenvalue weighted by Gasteiger charge is -2.24. The molecule has 9 heteroatoms. The van der Waals surface area contributed by atoms with Crippen molar-refractivity contribution in [2.75, 3.05) is 13.7 Å². The van der Waals surface area contributed by atoms with Crippen molar-refractivity contribution in [3.05, 3.63) is 108 Å². The number of rotatable bonds is 6. The fourth-order valence-corrected chi connectivity index (χ4v) is 5.37. The van der Waals surface area contributed by atoms with Gasteiger partial charge in [-0.25, -0.2) is 9.79 Å². The molecule has 3 heterocycles. The first-order valence-corrected chi connectivity index (χ1v) is 12.8. The highest BCUT2D eigenvalue weighted by Crippen LogP contribution is 2.31. The van der Waals surface area contributed by atoms with Crippen molar-refractivity contribution in [3.8, 4) is 17.1 Å². The van der Waals surface area contributed by atoms with Crippen molar-refractivity contribution in [2.24, 2.45) is 4.99 Å². The van der Waals surface area contributed by atoms with E-state index < -0.39 is 12.0 Å².